The number of nitrogens with zero attached hydrogens (tertiary/aromatic N) is 2. The van der Waals surface area contributed by atoms with Crippen molar-refractivity contribution in [2.45, 2.75) is 26.0 Å². The van der Waals surface area contributed by atoms with Crippen LogP contribution in [0.3, 0.4) is 0 Å². The molecular formula is C11H13BrN2OS. The van der Waals surface area contributed by atoms with E-state index >= 15 is 0 Å². The van der Waals surface area contributed by atoms with Crippen molar-refractivity contribution < 1.29 is 5.11 Å². The molecule has 2 aromatic heterocycles. The fourth-order valence-corrected chi connectivity index (χ4v) is 2.75. The molecule has 0 aromatic carbocycles. The highest BCUT2D eigenvalue weighted by molar-refractivity contribution is 9.11. The number of rotatable bonds is 4. The lowest BCUT2D eigenvalue weighted by Crippen LogP contribution is -1.99. The smallest absolute Gasteiger partial charge is 0.0839 e. The molecule has 1 atom stereocenters. The second-order valence-corrected chi connectivity index (χ2v) is 5.90. The number of aryl methyl sites for hydroxylation is 1. The highest BCUT2D eigenvalue weighted by Crippen LogP contribution is 2.27. The van der Waals surface area contributed by atoms with Crippen molar-refractivity contribution in [1.82, 2.24) is 9.78 Å². The van der Waals surface area contributed by atoms with Crippen LogP contribution in [0, 0.1) is 0 Å². The zero-order chi connectivity index (χ0) is 11.5. The van der Waals surface area contributed by atoms with Gasteiger partial charge in [0.25, 0.3) is 0 Å². The third kappa shape index (κ3) is 2.72. The molecule has 0 aliphatic carbocycles. The standard InChI is InChI=1S/C11H13BrN2OS/c1-2-14-6-8(5-13-14)3-10(15)9-4-11(12)16-7-9/h4-7,10,15H,2-3H2,1H3. The number of hydrogen-bond acceptors (Lipinski definition) is 3. The van der Waals surface area contributed by atoms with E-state index in [-0.39, 0.29) is 0 Å². The van der Waals surface area contributed by atoms with Gasteiger partial charge in [0.2, 0.25) is 0 Å². The van der Waals surface area contributed by atoms with E-state index < -0.39 is 6.10 Å². The number of thiophene rings is 1. The molecule has 0 saturated heterocycles. The predicted molar refractivity (Wildman–Crippen MR) is 68.6 cm³/mol. The van der Waals surface area contributed by atoms with Crippen LogP contribution in [0.15, 0.2) is 27.6 Å². The van der Waals surface area contributed by atoms with Crippen molar-refractivity contribution in [2.75, 3.05) is 0 Å². The average molecular weight is 301 g/mol. The van der Waals surface area contributed by atoms with Crippen LogP contribution in [-0.2, 0) is 13.0 Å². The molecule has 3 nitrogen and oxygen atoms in total. The van der Waals surface area contributed by atoms with Gasteiger partial charge in [0.1, 0.15) is 0 Å². The summed E-state index contributed by atoms with van der Waals surface area (Å²) in [5, 5.41) is 16.2. The van der Waals surface area contributed by atoms with E-state index in [1.165, 1.54) is 0 Å². The van der Waals surface area contributed by atoms with Crippen LogP contribution in [0.25, 0.3) is 0 Å². The molecule has 5 heteroatoms. The zero-order valence-electron chi connectivity index (χ0n) is 8.93. The molecule has 2 rings (SSSR count). The van der Waals surface area contributed by atoms with Crippen molar-refractivity contribution in [3.8, 4) is 0 Å². The summed E-state index contributed by atoms with van der Waals surface area (Å²) in [5.74, 6) is 0. The van der Waals surface area contributed by atoms with Gasteiger partial charge in [0, 0.05) is 19.2 Å². The third-order valence-corrected chi connectivity index (χ3v) is 3.93. The van der Waals surface area contributed by atoms with Crippen molar-refractivity contribution in [2.24, 2.45) is 0 Å². The minimum atomic E-state index is -0.447. The van der Waals surface area contributed by atoms with E-state index in [4.69, 9.17) is 0 Å². The van der Waals surface area contributed by atoms with E-state index in [0.717, 1.165) is 21.5 Å². The summed E-state index contributed by atoms with van der Waals surface area (Å²) >= 11 is 4.98. The second-order valence-electron chi connectivity index (χ2n) is 3.61. The predicted octanol–water partition coefficient (Wildman–Crippen LogP) is 3.00. The summed E-state index contributed by atoms with van der Waals surface area (Å²) in [6.07, 6.45) is 3.96. The third-order valence-electron chi connectivity index (χ3n) is 2.41. The van der Waals surface area contributed by atoms with Gasteiger partial charge in [-0.25, -0.2) is 0 Å². The van der Waals surface area contributed by atoms with Crippen LogP contribution in [0.4, 0.5) is 0 Å². The first-order chi connectivity index (χ1) is 7.69. The molecule has 2 aromatic rings. The quantitative estimate of drug-likeness (QED) is 0.942. The Kier molecular flexibility index (Phi) is 3.78. The molecule has 16 heavy (non-hydrogen) atoms. The first-order valence-corrected chi connectivity index (χ1v) is 6.79. The van der Waals surface area contributed by atoms with Gasteiger partial charge in [0.15, 0.2) is 0 Å². The lowest BCUT2D eigenvalue weighted by molar-refractivity contribution is 0.179. The summed E-state index contributed by atoms with van der Waals surface area (Å²) in [7, 11) is 0. The highest BCUT2D eigenvalue weighted by atomic mass is 79.9. The van der Waals surface area contributed by atoms with E-state index in [9.17, 15) is 5.11 Å². The highest BCUT2D eigenvalue weighted by Gasteiger charge is 2.11. The molecule has 0 bridgehead atoms. The largest absolute Gasteiger partial charge is 0.388 e. The Bertz CT molecular complexity index is 466. The van der Waals surface area contributed by atoms with Crippen LogP contribution in [0.1, 0.15) is 24.2 Å². The minimum Gasteiger partial charge on any atom is -0.388 e. The summed E-state index contributed by atoms with van der Waals surface area (Å²) in [5.41, 5.74) is 2.03. The molecule has 86 valence electrons. The lowest BCUT2D eigenvalue weighted by Gasteiger charge is -2.06. The molecule has 0 aliphatic heterocycles. The maximum absolute atomic E-state index is 10.0. The van der Waals surface area contributed by atoms with Gasteiger partial charge in [-0.2, -0.15) is 5.10 Å². The monoisotopic (exact) mass is 300 g/mol. The first kappa shape index (κ1) is 11.8. The number of aromatic nitrogens is 2. The Hall–Kier alpha value is -0.650. The Labute approximate surface area is 107 Å². The molecule has 0 saturated carbocycles. The van der Waals surface area contributed by atoms with E-state index in [1.807, 2.05) is 35.4 Å². The van der Waals surface area contributed by atoms with Crippen LogP contribution in [-0.4, -0.2) is 14.9 Å². The topological polar surface area (TPSA) is 38.0 Å². The zero-order valence-corrected chi connectivity index (χ0v) is 11.3. The van der Waals surface area contributed by atoms with Crippen LogP contribution in [0.5, 0.6) is 0 Å². The Morgan fingerprint density at radius 2 is 2.44 bits per heavy atom. The fourth-order valence-electron chi connectivity index (χ4n) is 1.52. The maximum atomic E-state index is 10.0. The van der Waals surface area contributed by atoms with Gasteiger partial charge in [-0.3, -0.25) is 4.68 Å². The van der Waals surface area contributed by atoms with Gasteiger partial charge in [0.05, 0.1) is 16.1 Å². The summed E-state index contributed by atoms with van der Waals surface area (Å²) in [6, 6.07) is 1.96. The first-order valence-electron chi connectivity index (χ1n) is 5.12. The van der Waals surface area contributed by atoms with Gasteiger partial charge < -0.3 is 5.11 Å². The number of hydrogen-bond donors (Lipinski definition) is 1. The molecule has 1 N–H and O–H groups in total. The van der Waals surface area contributed by atoms with Crippen molar-refractivity contribution in [3.05, 3.63) is 38.8 Å². The van der Waals surface area contributed by atoms with Gasteiger partial charge in [-0.1, -0.05) is 0 Å². The van der Waals surface area contributed by atoms with Crippen LogP contribution < -0.4 is 0 Å². The Balaban J connectivity index is 2.04. The van der Waals surface area contributed by atoms with E-state index in [1.54, 1.807) is 11.3 Å². The molecule has 0 aliphatic rings. The lowest BCUT2D eigenvalue weighted by atomic mass is 10.1. The Morgan fingerprint density at radius 3 is 3.00 bits per heavy atom. The molecule has 0 fully saturated rings. The average Bonchev–Trinajstić information content (AvgIpc) is 2.87. The molecule has 0 amide bonds. The van der Waals surface area contributed by atoms with Crippen molar-refractivity contribution in [3.63, 3.8) is 0 Å². The molecule has 1 unspecified atom stereocenters. The summed E-state index contributed by atoms with van der Waals surface area (Å²) < 4.78 is 2.91. The van der Waals surface area contributed by atoms with E-state index in [0.29, 0.717) is 6.42 Å². The van der Waals surface area contributed by atoms with Crippen LogP contribution in [0.2, 0.25) is 0 Å². The fraction of sp³-hybridized carbons (Fsp3) is 0.364. The molecule has 0 radical (unpaired) electrons. The number of halogens is 1. The molecule has 0 spiro atoms. The van der Waals surface area contributed by atoms with Gasteiger partial charge in [-0.05, 0) is 45.4 Å². The molecular weight excluding hydrogens is 288 g/mol. The van der Waals surface area contributed by atoms with Gasteiger partial charge >= 0.3 is 0 Å². The number of aliphatic hydroxyl groups excluding tert-OH is 1. The maximum Gasteiger partial charge on any atom is 0.0839 e. The molecule has 2 heterocycles. The van der Waals surface area contributed by atoms with Gasteiger partial charge in [-0.15, -0.1) is 11.3 Å². The normalized spacial score (nSPS) is 12.9. The van der Waals surface area contributed by atoms with Crippen LogP contribution >= 0.6 is 27.3 Å². The van der Waals surface area contributed by atoms with E-state index in [2.05, 4.69) is 21.0 Å². The number of aliphatic hydroxyl groups is 1. The Morgan fingerprint density at radius 1 is 1.62 bits per heavy atom. The summed E-state index contributed by atoms with van der Waals surface area (Å²) in [4.78, 5) is 0. The SMILES string of the molecule is CCn1cc(CC(O)c2csc(Br)c2)cn1. The van der Waals surface area contributed by atoms with Crippen molar-refractivity contribution >= 4 is 27.3 Å². The summed E-state index contributed by atoms with van der Waals surface area (Å²) in [6.45, 7) is 2.91. The minimum absolute atomic E-state index is 0.447. The second kappa shape index (κ2) is 5.12. The van der Waals surface area contributed by atoms with Crippen molar-refractivity contribution in [1.29, 1.82) is 0 Å².